The highest BCUT2D eigenvalue weighted by atomic mass is 28.4. The number of aliphatic hydroxyl groups is 1. The molecule has 1 aliphatic rings. The molecule has 5 heteroatoms. The highest BCUT2D eigenvalue weighted by Crippen LogP contribution is 2.49. The first kappa shape index (κ1) is 20.1. The Bertz CT molecular complexity index is 496. The van der Waals surface area contributed by atoms with Gasteiger partial charge in [-0.1, -0.05) is 12.2 Å². The van der Waals surface area contributed by atoms with Gasteiger partial charge >= 0.3 is 5.97 Å². The first-order chi connectivity index (χ1) is 10.2. The molecule has 0 aromatic heterocycles. The van der Waals surface area contributed by atoms with E-state index < -0.39 is 19.9 Å². The Morgan fingerprint density at radius 1 is 1.35 bits per heavy atom. The van der Waals surface area contributed by atoms with Gasteiger partial charge in [-0.15, -0.1) is 0 Å². The molecule has 0 radical (unpaired) electrons. The molecule has 1 fully saturated rings. The second-order valence-electron chi connectivity index (χ2n) is 8.44. The number of aliphatic carboxylic acids is 1. The molecule has 0 spiro atoms. The normalized spacial score (nSPS) is 30.2. The van der Waals surface area contributed by atoms with Crippen molar-refractivity contribution in [3.05, 3.63) is 23.8 Å². The Labute approximate surface area is 141 Å². The number of carboxylic acid groups (broad SMARTS) is 1. The molecule has 23 heavy (non-hydrogen) atoms. The Morgan fingerprint density at radius 3 is 2.35 bits per heavy atom. The van der Waals surface area contributed by atoms with Crippen LogP contribution in [-0.4, -0.2) is 35.7 Å². The Hall–Kier alpha value is -0.913. The van der Waals surface area contributed by atoms with Crippen molar-refractivity contribution in [3.8, 4) is 0 Å². The maximum atomic E-state index is 10.8. The summed E-state index contributed by atoms with van der Waals surface area (Å²) >= 11 is 0. The molecular weight excluding hydrogens is 308 g/mol. The third-order valence-electron chi connectivity index (χ3n) is 4.45. The molecule has 2 N–H and O–H groups in total. The van der Waals surface area contributed by atoms with Crippen LogP contribution in [0, 0.1) is 11.8 Å². The fourth-order valence-corrected chi connectivity index (χ4v) is 5.30. The van der Waals surface area contributed by atoms with Crippen LogP contribution in [0.2, 0.25) is 19.6 Å². The number of allylic oxidation sites excluding steroid dienone is 2. The monoisotopic (exact) mass is 340 g/mol. The van der Waals surface area contributed by atoms with E-state index in [1.54, 1.807) is 6.92 Å². The quantitative estimate of drug-likeness (QED) is 0.436. The number of carbonyl (C=O) groups is 1. The van der Waals surface area contributed by atoms with Gasteiger partial charge in [-0.25, -0.2) is 4.79 Å². The summed E-state index contributed by atoms with van der Waals surface area (Å²) in [6.07, 6.45) is 6.88. The average molecular weight is 341 g/mol. The zero-order valence-electron chi connectivity index (χ0n) is 15.5. The summed E-state index contributed by atoms with van der Waals surface area (Å²) in [7, 11) is -1.73. The summed E-state index contributed by atoms with van der Waals surface area (Å²) < 4.78 is 6.48. The first-order valence-corrected chi connectivity index (χ1v) is 11.7. The standard InChI is InChI=1S/C18H32O4Si/c1-13(12-16(19)20)8-9-15-14(17(2,3)21)10-11-18(15,4)22-23(5,6)7/h8-9,12,14-15,21H,10-11H2,1-7H3,(H,19,20). The van der Waals surface area contributed by atoms with Crippen molar-refractivity contribution in [1.29, 1.82) is 0 Å². The zero-order valence-corrected chi connectivity index (χ0v) is 16.5. The van der Waals surface area contributed by atoms with Crippen molar-refractivity contribution in [1.82, 2.24) is 0 Å². The van der Waals surface area contributed by atoms with Crippen LogP contribution in [0.1, 0.15) is 40.5 Å². The third kappa shape index (κ3) is 5.90. The fraction of sp³-hybridized carbons (Fsp3) is 0.722. The van der Waals surface area contributed by atoms with Gasteiger partial charge in [-0.3, -0.25) is 0 Å². The van der Waals surface area contributed by atoms with E-state index in [9.17, 15) is 9.90 Å². The van der Waals surface area contributed by atoms with Gasteiger partial charge in [0.05, 0.1) is 11.2 Å². The Morgan fingerprint density at radius 2 is 1.91 bits per heavy atom. The van der Waals surface area contributed by atoms with E-state index >= 15 is 0 Å². The van der Waals surface area contributed by atoms with E-state index in [1.165, 1.54) is 6.08 Å². The summed E-state index contributed by atoms with van der Waals surface area (Å²) in [6, 6.07) is 0. The molecule has 3 atom stereocenters. The zero-order chi connectivity index (χ0) is 18.1. The predicted molar refractivity (Wildman–Crippen MR) is 95.9 cm³/mol. The fourth-order valence-electron chi connectivity index (χ4n) is 3.66. The van der Waals surface area contributed by atoms with Crippen LogP contribution in [0.15, 0.2) is 23.8 Å². The summed E-state index contributed by atoms with van der Waals surface area (Å²) in [4.78, 5) is 10.8. The summed E-state index contributed by atoms with van der Waals surface area (Å²) in [5.74, 6) is -0.789. The highest BCUT2D eigenvalue weighted by Gasteiger charge is 2.50. The van der Waals surface area contributed by atoms with Crippen molar-refractivity contribution in [3.63, 3.8) is 0 Å². The molecular formula is C18H32O4Si. The smallest absolute Gasteiger partial charge is 0.328 e. The SMILES string of the molecule is CC(C=CC1C(C(C)(C)O)CCC1(C)O[Si](C)(C)C)=CC(=O)O. The molecule has 1 rings (SSSR count). The molecule has 1 saturated carbocycles. The lowest BCUT2D eigenvalue weighted by Crippen LogP contribution is -2.46. The van der Waals surface area contributed by atoms with E-state index in [1.807, 2.05) is 26.0 Å². The van der Waals surface area contributed by atoms with Crippen LogP contribution in [-0.2, 0) is 9.22 Å². The highest BCUT2D eigenvalue weighted by molar-refractivity contribution is 6.69. The van der Waals surface area contributed by atoms with Crippen molar-refractivity contribution in [2.45, 2.75) is 71.4 Å². The molecule has 0 heterocycles. The maximum Gasteiger partial charge on any atom is 0.328 e. The second-order valence-corrected chi connectivity index (χ2v) is 12.9. The van der Waals surface area contributed by atoms with Crippen molar-refractivity contribution < 1.29 is 19.4 Å². The van der Waals surface area contributed by atoms with Gasteiger partial charge in [0, 0.05) is 12.0 Å². The molecule has 0 saturated heterocycles. The minimum atomic E-state index is -1.73. The topological polar surface area (TPSA) is 66.8 Å². The summed E-state index contributed by atoms with van der Waals surface area (Å²) in [5, 5.41) is 19.4. The molecule has 1 aliphatic carbocycles. The minimum Gasteiger partial charge on any atom is -0.478 e. The van der Waals surface area contributed by atoms with Crippen molar-refractivity contribution in [2.24, 2.45) is 11.8 Å². The van der Waals surface area contributed by atoms with E-state index in [0.717, 1.165) is 12.8 Å². The molecule has 132 valence electrons. The van der Waals surface area contributed by atoms with E-state index in [4.69, 9.17) is 9.53 Å². The van der Waals surface area contributed by atoms with E-state index in [0.29, 0.717) is 5.57 Å². The molecule has 0 amide bonds. The molecule has 0 aromatic rings. The number of rotatable bonds is 6. The number of carboxylic acids is 1. The third-order valence-corrected chi connectivity index (χ3v) is 5.53. The predicted octanol–water partition coefficient (Wildman–Crippen LogP) is 3.98. The first-order valence-electron chi connectivity index (χ1n) is 8.26. The van der Waals surface area contributed by atoms with Gasteiger partial charge in [-0.05, 0) is 71.7 Å². The van der Waals surface area contributed by atoms with Gasteiger partial charge < -0.3 is 14.6 Å². The van der Waals surface area contributed by atoms with Crippen LogP contribution in [0.5, 0.6) is 0 Å². The van der Waals surface area contributed by atoms with Gasteiger partial charge in [0.25, 0.3) is 0 Å². The lowest BCUT2D eigenvalue weighted by atomic mass is 9.78. The maximum absolute atomic E-state index is 10.8. The number of hydrogen-bond acceptors (Lipinski definition) is 3. The molecule has 0 aliphatic heterocycles. The second kappa shape index (κ2) is 6.91. The lowest BCUT2D eigenvalue weighted by molar-refractivity contribution is -0.131. The molecule has 0 bridgehead atoms. The van der Waals surface area contributed by atoms with Gasteiger partial charge in [0.2, 0.25) is 0 Å². The van der Waals surface area contributed by atoms with Crippen LogP contribution in [0.25, 0.3) is 0 Å². The summed E-state index contributed by atoms with van der Waals surface area (Å²) in [5.41, 5.74) is -0.413. The summed E-state index contributed by atoms with van der Waals surface area (Å²) in [6.45, 7) is 14.1. The molecule has 4 nitrogen and oxygen atoms in total. The molecule has 3 unspecified atom stereocenters. The van der Waals surface area contributed by atoms with Crippen LogP contribution < -0.4 is 0 Å². The van der Waals surface area contributed by atoms with Gasteiger partial charge in [0.1, 0.15) is 0 Å². The van der Waals surface area contributed by atoms with Gasteiger partial charge in [0.15, 0.2) is 8.32 Å². The van der Waals surface area contributed by atoms with E-state index in [2.05, 4.69) is 26.6 Å². The lowest BCUT2D eigenvalue weighted by Gasteiger charge is -2.40. The Kier molecular flexibility index (Phi) is 6.05. The van der Waals surface area contributed by atoms with Crippen LogP contribution in [0.4, 0.5) is 0 Å². The average Bonchev–Trinajstić information content (AvgIpc) is 2.59. The van der Waals surface area contributed by atoms with Crippen molar-refractivity contribution >= 4 is 14.3 Å². The number of hydrogen-bond donors (Lipinski definition) is 2. The minimum absolute atomic E-state index is 0.0615. The van der Waals surface area contributed by atoms with Crippen LogP contribution in [0.3, 0.4) is 0 Å². The molecule has 0 aromatic carbocycles. The largest absolute Gasteiger partial charge is 0.478 e. The van der Waals surface area contributed by atoms with Gasteiger partial charge in [-0.2, -0.15) is 0 Å². The van der Waals surface area contributed by atoms with E-state index in [-0.39, 0.29) is 17.4 Å². The Balaban J connectivity index is 3.14. The van der Waals surface area contributed by atoms with Crippen molar-refractivity contribution in [2.75, 3.05) is 0 Å². The van der Waals surface area contributed by atoms with Crippen LogP contribution >= 0.6 is 0 Å².